The van der Waals surface area contributed by atoms with Crippen LogP contribution in [0.4, 0.5) is 0 Å². The number of carboxylic acids is 1. The number of allylic oxidation sites excluding steroid dienone is 4. The van der Waals surface area contributed by atoms with E-state index in [4.69, 9.17) is 18.9 Å². The fourth-order valence-electron chi connectivity index (χ4n) is 6.16. The lowest BCUT2D eigenvalue weighted by Crippen LogP contribution is -2.40. The second kappa shape index (κ2) is 38.6. The molecule has 0 spiro atoms. The third-order valence-electron chi connectivity index (χ3n) is 9.71. The van der Waals surface area contributed by atoms with Crippen molar-refractivity contribution in [3.05, 3.63) is 24.3 Å². The van der Waals surface area contributed by atoms with Gasteiger partial charge in [0.25, 0.3) is 6.29 Å². The Morgan fingerprint density at radius 3 is 1.44 bits per heavy atom. The minimum Gasteiger partial charge on any atom is -0.477 e. The number of unbranched alkanes of at least 4 members (excludes halogenated alkanes) is 22. The third-order valence-corrected chi connectivity index (χ3v) is 9.71. The molecule has 9 heteroatoms. The topological polar surface area (TPSA) is 108 Å². The minimum absolute atomic E-state index is 0.180. The first-order valence-electron chi connectivity index (χ1n) is 22.5. The van der Waals surface area contributed by atoms with E-state index < -0.39 is 24.3 Å². The molecule has 0 aromatic rings. The molecule has 0 aliphatic carbocycles. The van der Waals surface area contributed by atoms with Crippen LogP contribution in [0.1, 0.15) is 194 Å². The van der Waals surface area contributed by atoms with Gasteiger partial charge in [-0.1, -0.05) is 160 Å². The highest BCUT2D eigenvalue weighted by atomic mass is 16.7. The molecule has 1 N–H and O–H groups in total. The maximum atomic E-state index is 12.7. The van der Waals surface area contributed by atoms with Gasteiger partial charge in [-0.05, 0) is 44.9 Å². The highest BCUT2D eigenvalue weighted by molar-refractivity contribution is 5.71. The first-order valence-corrected chi connectivity index (χ1v) is 22.5. The summed E-state index contributed by atoms with van der Waals surface area (Å²) in [5, 5.41) is 9.61. The smallest absolute Gasteiger partial charge is 0.361 e. The molecule has 55 heavy (non-hydrogen) atoms. The van der Waals surface area contributed by atoms with Crippen molar-refractivity contribution in [1.29, 1.82) is 0 Å². The molecule has 2 atom stereocenters. The van der Waals surface area contributed by atoms with Crippen LogP contribution >= 0.6 is 0 Å². The van der Waals surface area contributed by atoms with Gasteiger partial charge >= 0.3 is 17.9 Å². The normalized spacial score (nSPS) is 13.1. The first-order chi connectivity index (χ1) is 26.6. The van der Waals surface area contributed by atoms with Crippen LogP contribution in [-0.2, 0) is 33.3 Å². The maximum Gasteiger partial charge on any atom is 0.361 e. The molecule has 0 aromatic carbocycles. The van der Waals surface area contributed by atoms with Gasteiger partial charge in [-0.2, -0.15) is 0 Å². The molecule has 322 valence electrons. The fourth-order valence-corrected chi connectivity index (χ4v) is 6.16. The van der Waals surface area contributed by atoms with Gasteiger partial charge in [-0.25, -0.2) is 4.79 Å². The predicted molar refractivity (Wildman–Crippen MR) is 226 cm³/mol. The van der Waals surface area contributed by atoms with E-state index in [2.05, 4.69) is 38.2 Å². The summed E-state index contributed by atoms with van der Waals surface area (Å²) in [7, 11) is 5.95. The average molecular weight is 781 g/mol. The zero-order valence-electron chi connectivity index (χ0n) is 36.3. The number of esters is 2. The highest BCUT2D eigenvalue weighted by Gasteiger charge is 2.25. The van der Waals surface area contributed by atoms with Crippen molar-refractivity contribution in [3.63, 3.8) is 0 Å². The number of ether oxygens (including phenoxy) is 4. The molecular weight excluding hydrogens is 695 g/mol. The lowest BCUT2D eigenvalue weighted by molar-refractivity contribution is -0.870. The molecule has 0 saturated heterocycles. The Balaban J connectivity index is 4.34. The van der Waals surface area contributed by atoms with Crippen LogP contribution in [0.2, 0.25) is 0 Å². The number of carboxylic acid groups (broad SMARTS) is 1. The van der Waals surface area contributed by atoms with Crippen molar-refractivity contribution in [2.24, 2.45) is 0 Å². The van der Waals surface area contributed by atoms with Gasteiger partial charge in [0, 0.05) is 12.8 Å². The summed E-state index contributed by atoms with van der Waals surface area (Å²) in [5.74, 6) is -2.01. The Kier molecular flexibility index (Phi) is 37.1. The Morgan fingerprint density at radius 1 is 0.545 bits per heavy atom. The monoisotopic (exact) mass is 781 g/mol. The van der Waals surface area contributed by atoms with Gasteiger partial charge < -0.3 is 28.5 Å². The van der Waals surface area contributed by atoms with Crippen LogP contribution in [0, 0.1) is 0 Å². The molecular formula is C46H86NO8+. The second-order valence-corrected chi connectivity index (χ2v) is 16.4. The summed E-state index contributed by atoms with van der Waals surface area (Å²) in [6, 6.07) is 0. The maximum absolute atomic E-state index is 12.7. The molecule has 0 aliphatic heterocycles. The van der Waals surface area contributed by atoms with Crippen molar-refractivity contribution in [1.82, 2.24) is 0 Å². The Hall–Kier alpha value is -2.23. The van der Waals surface area contributed by atoms with E-state index in [0.29, 0.717) is 17.4 Å². The molecule has 0 rings (SSSR count). The van der Waals surface area contributed by atoms with E-state index >= 15 is 0 Å². The van der Waals surface area contributed by atoms with Crippen LogP contribution in [0.3, 0.4) is 0 Å². The molecule has 0 fully saturated rings. The molecule has 9 nitrogen and oxygen atoms in total. The number of quaternary nitrogens is 1. The fraction of sp³-hybridized carbons (Fsp3) is 0.848. The van der Waals surface area contributed by atoms with Crippen LogP contribution in [-0.4, -0.2) is 87.4 Å². The number of hydrogen-bond donors (Lipinski definition) is 1. The van der Waals surface area contributed by atoms with Crippen LogP contribution < -0.4 is 0 Å². The largest absolute Gasteiger partial charge is 0.477 e. The van der Waals surface area contributed by atoms with Gasteiger partial charge in [0.2, 0.25) is 0 Å². The van der Waals surface area contributed by atoms with E-state index in [1.54, 1.807) is 0 Å². The van der Waals surface area contributed by atoms with Gasteiger partial charge in [0.05, 0.1) is 34.4 Å². The van der Waals surface area contributed by atoms with Crippen molar-refractivity contribution in [2.45, 2.75) is 206 Å². The number of likely N-dealkylation sites (N-methyl/N-ethyl adjacent to an activating group) is 1. The lowest BCUT2D eigenvalue weighted by Gasteiger charge is -2.25. The van der Waals surface area contributed by atoms with Crippen molar-refractivity contribution in [2.75, 3.05) is 47.5 Å². The summed E-state index contributed by atoms with van der Waals surface area (Å²) >= 11 is 0. The summed E-state index contributed by atoms with van der Waals surface area (Å²) < 4.78 is 22.7. The lowest BCUT2D eigenvalue weighted by atomic mass is 10.1. The summed E-state index contributed by atoms with van der Waals surface area (Å²) in [6.45, 7) is 4.84. The highest BCUT2D eigenvalue weighted by Crippen LogP contribution is 2.14. The van der Waals surface area contributed by atoms with E-state index in [0.717, 1.165) is 51.4 Å². The van der Waals surface area contributed by atoms with Crippen molar-refractivity contribution >= 4 is 17.9 Å². The molecule has 2 unspecified atom stereocenters. The quantitative estimate of drug-likeness (QED) is 0.0215. The number of nitrogens with zero attached hydrogens (tertiary/aromatic N) is 1. The second-order valence-electron chi connectivity index (χ2n) is 16.4. The standard InChI is InChI=1S/C46H85NO8/c1-6-8-10-12-14-16-17-18-19-20-21-22-23-24-25-26-27-29-31-33-35-37-44(49)55-42(41-54-46(45(50)51)52-39-38-47(3,4)5)40-53-43(48)36-34-32-30-28-15-13-11-9-7-2/h17-18,20-21,42,46H,6-16,19,22-41H2,1-5H3/p+1/b18-17-,21-20-. The number of aliphatic carboxylic acids is 1. The van der Waals surface area contributed by atoms with E-state index in [1.807, 2.05) is 21.1 Å². The van der Waals surface area contributed by atoms with E-state index in [1.165, 1.54) is 116 Å². The molecule has 0 saturated carbocycles. The summed E-state index contributed by atoms with van der Waals surface area (Å²) in [5.41, 5.74) is 0. The molecule has 0 radical (unpaired) electrons. The molecule has 0 aromatic heterocycles. The number of rotatable bonds is 41. The summed E-state index contributed by atoms with van der Waals surface area (Å²) in [6.07, 6.45) is 38.1. The molecule has 0 aliphatic rings. The van der Waals surface area contributed by atoms with Crippen molar-refractivity contribution < 1.29 is 42.9 Å². The summed E-state index contributed by atoms with van der Waals surface area (Å²) in [4.78, 5) is 37.0. The number of carbonyl (C=O) groups excluding carboxylic acids is 2. The van der Waals surface area contributed by atoms with E-state index in [9.17, 15) is 19.5 Å². The number of hydrogen-bond acceptors (Lipinski definition) is 7. The van der Waals surface area contributed by atoms with E-state index in [-0.39, 0.29) is 32.2 Å². The van der Waals surface area contributed by atoms with Gasteiger partial charge in [0.1, 0.15) is 13.2 Å². The van der Waals surface area contributed by atoms with Gasteiger partial charge in [-0.3, -0.25) is 9.59 Å². The minimum atomic E-state index is -1.51. The third kappa shape index (κ3) is 39.8. The van der Waals surface area contributed by atoms with Gasteiger partial charge in [0.15, 0.2) is 6.10 Å². The van der Waals surface area contributed by atoms with Gasteiger partial charge in [-0.15, -0.1) is 0 Å². The average Bonchev–Trinajstić information content (AvgIpc) is 3.14. The zero-order chi connectivity index (χ0) is 40.7. The molecule has 0 bridgehead atoms. The Labute approximate surface area is 337 Å². The molecule has 0 heterocycles. The molecule has 0 amide bonds. The zero-order valence-corrected chi connectivity index (χ0v) is 36.3. The number of carbonyl (C=O) groups is 3. The first kappa shape index (κ1) is 52.8. The van der Waals surface area contributed by atoms with Crippen LogP contribution in [0.15, 0.2) is 24.3 Å². The Bertz CT molecular complexity index is 960. The van der Waals surface area contributed by atoms with Crippen LogP contribution in [0.25, 0.3) is 0 Å². The Morgan fingerprint density at radius 2 is 0.982 bits per heavy atom. The predicted octanol–water partition coefficient (Wildman–Crippen LogP) is 11.7. The van der Waals surface area contributed by atoms with Crippen LogP contribution in [0.5, 0.6) is 0 Å². The SMILES string of the molecule is CCCCCCC/C=C\C/C=C\CCCCCCCCCCCC(=O)OC(COC(=O)CCCCCCCCCCC)COC(OCC[N+](C)(C)C)C(=O)O. The van der Waals surface area contributed by atoms with Crippen molar-refractivity contribution in [3.8, 4) is 0 Å².